The fourth-order valence-corrected chi connectivity index (χ4v) is 5.56. The smallest absolute Gasteiger partial charge is 0.133 e. The van der Waals surface area contributed by atoms with Crippen LogP contribution in [-0.2, 0) is 0 Å². The number of hydrogen-bond donors (Lipinski definition) is 0. The third-order valence-corrected chi connectivity index (χ3v) is 7.22. The minimum atomic E-state index is -0.199. The molecule has 0 saturated carbocycles. The number of fused-ring (bicyclic) bond motifs is 2. The summed E-state index contributed by atoms with van der Waals surface area (Å²) in [5, 5.41) is 7.93. The highest BCUT2D eigenvalue weighted by Crippen LogP contribution is 2.45. The van der Waals surface area contributed by atoms with Crippen LogP contribution in [0.15, 0.2) is 118 Å². The van der Waals surface area contributed by atoms with Crippen LogP contribution in [0.4, 0.5) is 21.5 Å². The van der Waals surface area contributed by atoms with E-state index in [1.165, 1.54) is 0 Å². The predicted octanol–water partition coefficient (Wildman–Crippen LogP) is 9.69. The van der Waals surface area contributed by atoms with E-state index in [-0.39, 0.29) is 5.82 Å². The van der Waals surface area contributed by atoms with E-state index in [0.717, 1.165) is 65.9 Å². The van der Waals surface area contributed by atoms with Crippen LogP contribution in [0.3, 0.4) is 0 Å². The highest BCUT2D eigenvalue weighted by molar-refractivity contribution is 6.26. The van der Waals surface area contributed by atoms with Crippen LogP contribution in [-0.4, -0.2) is 0 Å². The number of benzene rings is 6. The zero-order valence-electron chi connectivity index (χ0n) is 19.0. The lowest BCUT2D eigenvalue weighted by atomic mass is 9.92. The molecule has 3 nitrogen and oxygen atoms in total. The molecule has 0 unspecified atom stereocenters. The Balaban J connectivity index is 1.47. The van der Waals surface area contributed by atoms with Crippen molar-refractivity contribution in [2.24, 2.45) is 0 Å². The second kappa shape index (κ2) is 7.09. The molecule has 0 amide bonds. The Morgan fingerprint density at radius 1 is 0.500 bits per heavy atom. The van der Waals surface area contributed by atoms with Gasteiger partial charge in [-0.2, -0.15) is 0 Å². The maximum Gasteiger partial charge on any atom is 0.133 e. The van der Waals surface area contributed by atoms with Crippen LogP contribution in [0.25, 0.3) is 54.3 Å². The summed E-state index contributed by atoms with van der Waals surface area (Å²) < 4.78 is 26.0. The van der Waals surface area contributed by atoms with E-state index in [4.69, 9.17) is 8.83 Å². The van der Waals surface area contributed by atoms with E-state index in [9.17, 15) is 4.39 Å². The zero-order chi connectivity index (χ0) is 23.8. The van der Waals surface area contributed by atoms with E-state index in [0.29, 0.717) is 5.39 Å². The number of furan rings is 2. The monoisotopic (exact) mass is 467 g/mol. The summed E-state index contributed by atoms with van der Waals surface area (Å²) in [5.41, 5.74) is 4.72. The van der Waals surface area contributed by atoms with Crippen molar-refractivity contribution in [1.29, 1.82) is 0 Å². The lowest BCUT2D eigenvalue weighted by Crippen LogP contribution is -2.10. The Morgan fingerprint density at radius 2 is 1.06 bits per heavy atom. The molecule has 0 fully saturated rings. The molecule has 0 aliphatic carbocycles. The van der Waals surface area contributed by atoms with Gasteiger partial charge in [0.15, 0.2) is 0 Å². The van der Waals surface area contributed by atoms with Gasteiger partial charge < -0.3 is 13.7 Å². The molecular weight excluding hydrogens is 449 g/mol. The quantitative estimate of drug-likeness (QED) is 0.242. The van der Waals surface area contributed by atoms with Crippen molar-refractivity contribution in [1.82, 2.24) is 0 Å². The van der Waals surface area contributed by atoms with E-state index < -0.39 is 0 Å². The normalized spacial score (nSPS) is 12.0. The summed E-state index contributed by atoms with van der Waals surface area (Å²) in [4.78, 5) is 2.25. The first kappa shape index (κ1) is 19.5. The largest absolute Gasteiger partial charge is 0.464 e. The molecule has 8 rings (SSSR count). The molecule has 0 atom stereocenters. The molecule has 170 valence electrons. The predicted molar refractivity (Wildman–Crippen MR) is 144 cm³/mol. The number of hydrogen-bond acceptors (Lipinski definition) is 3. The Hall–Kier alpha value is -4.83. The molecular formula is C32H18FNO2. The van der Waals surface area contributed by atoms with Gasteiger partial charge in [-0.15, -0.1) is 0 Å². The number of halogens is 1. The minimum absolute atomic E-state index is 0.199. The summed E-state index contributed by atoms with van der Waals surface area (Å²) >= 11 is 0. The Bertz CT molecular complexity index is 2010. The van der Waals surface area contributed by atoms with E-state index in [2.05, 4.69) is 53.4 Å². The van der Waals surface area contributed by atoms with Crippen molar-refractivity contribution in [3.05, 3.63) is 115 Å². The summed E-state index contributed by atoms with van der Waals surface area (Å²) in [7, 11) is 0. The average Bonchev–Trinajstić information content (AvgIpc) is 3.58. The van der Waals surface area contributed by atoms with Crippen LogP contribution in [0.1, 0.15) is 0 Å². The first-order valence-electron chi connectivity index (χ1n) is 11.9. The van der Waals surface area contributed by atoms with Crippen LogP contribution in [0, 0.1) is 5.82 Å². The third-order valence-electron chi connectivity index (χ3n) is 7.22. The third kappa shape index (κ3) is 2.67. The SMILES string of the molecule is Fc1ccc2ccc3c(N(c4ccc5occc5c4)c4ccc5occc5c4)ccc4ccc1c2c43. The van der Waals surface area contributed by atoms with Crippen molar-refractivity contribution < 1.29 is 13.2 Å². The van der Waals surface area contributed by atoms with Crippen LogP contribution in [0.2, 0.25) is 0 Å². The number of nitrogens with zero attached hydrogens (tertiary/aromatic N) is 1. The molecule has 8 aromatic rings. The van der Waals surface area contributed by atoms with E-state index in [1.54, 1.807) is 18.6 Å². The van der Waals surface area contributed by atoms with Gasteiger partial charge in [0.05, 0.1) is 18.2 Å². The maximum atomic E-state index is 14.8. The van der Waals surface area contributed by atoms with Crippen LogP contribution >= 0.6 is 0 Å². The van der Waals surface area contributed by atoms with Crippen molar-refractivity contribution in [3.63, 3.8) is 0 Å². The standard InChI is InChI=1S/C32H18FNO2/c33-27-9-3-19-2-8-26-28(10-4-20-1-7-25(27)31(19)32(20)26)34(23-5-11-29-21(17-23)13-15-35-29)24-6-12-30-22(18-24)14-16-36-30/h1-18H. The van der Waals surface area contributed by atoms with Crippen LogP contribution < -0.4 is 4.90 Å². The average molecular weight is 467 g/mol. The molecule has 4 heteroatoms. The number of anilines is 3. The zero-order valence-corrected chi connectivity index (χ0v) is 19.0. The van der Waals surface area contributed by atoms with E-state index in [1.807, 2.05) is 42.5 Å². The van der Waals surface area contributed by atoms with Gasteiger partial charge in [-0.3, -0.25) is 0 Å². The van der Waals surface area contributed by atoms with E-state index >= 15 is 0 Å². The summed E-state index contributed by atoms with van der Waals surface area (Å²) in [5.74, 6) is -0.199. The van der Waals surface area contributed by atoms with Gasteiger partial charge in [0.25, 0.3) is 0 Å². The molecule has 2 heterocycles. The minimum Gasteiger partial charge on any atom is -0.464 e. The van der Waals surface area contributed by atoms with Gasteiger partial charge in [-0.1, -0.05) is 36.4 Å². The highest BCUT2D eigenvalue weighted by atomic mass is 19.1. The molecule has 36 heavy (non-hydrogen) atoms. The van der Waals surface area contributed by atoms with Crippen LogP contribution in [0.5, 0.6) is 0 Å². The van der Waals surface area contributed by atoms with Gasteiger partial charge in [0.1, 0.15) is 17.0 Å². The van der Waals surface area contributed by atoms with Crippen molar-refractivity contribution in [3.8, 4) is 0 Å². The fourth-order valence-electron chi connectivity index (χ4n) is 5.56. The second-order valence-corrected chi connectivity index (χ2v) is 9.18. The second-order valence-electron chi connectivity index (χ2n) is 9.18. The summed E-state index contributed by atoms with van der Waals surface area (Å²) in [6, 6.07) is 32.2. The lowest BCUT2D eigenvalue weighted by molar-refractivity contribution is 0.615. The Kier molecular flexibility index (Phi) is 3.84. The summed E-state index contributed by atoms with van der Waals surface area (Å²) in [6.45, 7) is 0. The van der Waals surface area contributed by atoms with Crippen molar-refractivity contribution in [2.75, 3.05) is 4.90 Å². The molecule has 0 bridgehead atoms. The molecule has 0 aliphatic heterocycles. The van der Waals surface area contributed by atoms with Gasteiger partial charge >= 0.3 is 0 Å². The Labute approximate surface area is 204 Å². The Morgan fingerprint density at radius 3 is 1.72 bits per heavy atom. The lowest BCUT2D eigenvalue weighted by Gasteiger charge is -2.28. The molecule has 0 saturated heterocycles. The molecule has 0 N–H and O–H groups in total. The van der Waals surface area contributed by atoms with Crippen molar-refractivity contribution in [2.45, 2.75) is 0 Å². The molecule has 0 aliphatic rings. The van der Waals surface area contributed by atoms with Gasteiger partial charge in [-0.25, -0.2) is 4.39 Å². The van der Waals surface area contributed by atoms with Gasteiger partial charge in [0.2, 0.25) is 0 Å². The molecule has 0 spiro atoms. The molecule has 6 aromatic carbocycles. The first-order chi connectivity index (χ1) is 17.7. The number of rotatable bonds is 3. The fraction of sp³-hybridized carbons (Fsp3) is 0. The summed E-state index contributed by atoms with van der Waals surface area (Å²) in [6.07, 6.45) is 3.42. The maximum absolute atomic E-state index is 14.8. The van der Waals surface area contributed by atoms with Crippen molar-refractivity contribution >= 4 is 71.3 Å². The first-order valence-corrected chi connectivity index (χ1v) is 11.9. The van der Waals surface area contributed by atoms with Gasteiger partial charge in [0, 0.05) is 38.3 Å². The molecule has 0 radical (unpaired) electrons. The topological polar surface area (TPSA) is 29.5 Å². The van der Waals surface area contributed by atoms with Gasteiger partial charge in [-0.05, 0) is 76.8 Å². The highest BCUT2D eigenvalue weighted by Gasteiger charge is 2.20. The molecule has 2 aromatic heterocycles.